The van der Waals surface area contributed by atoms with Gasteiger partial charge in [-0.25, -0.2) is 9.78 Å². The van der Waals surface area contributed by atoms with Crippen LogP contribution in [0.3, 0.4) is 0 Å². The smallest absolute Gasteiger partial charge is 0.326 e. The maximum atomic E-state index is 11.4. The highest BCUT2D eigenvalue weighted by Gasteiger charge is 2.17. The fourth-order valence-electron chi connectivity index (χ4n) is 1.07. The van der Waals surface area contributed by atoms with Crippen LogP contribution in [0.4, 0.5) is 0 Å². The Bertz CT molecular complexity index is 337. The van der Waals surface area contributed by atoms with E-state index >= 15 is 0 Å². The summed E-state index contributed by atoms with van der Waals surface area (Å²) < 4.78 is 0. The van der Waals surface area contributed by atoms with Crippen LogP contribution in [-0.2, 0) is 16.0 Å². The topological polar surface area (TPSA) is 79.3 Å². The van der Waals surface area contributed by atoms with Crippen LogP contribution in [0.15, 0.2) is 10.9 Å². The predicted octanol–water partition coefficient (Wildman–Crippen LogP) is 0.665. The molecule has 0 bridgehead atoms. The van der Waals surface area contributed by atoms with Gasteiger partial charge in [-0.3, -0.25) is 4.79 Å². The number of nitrogens with one attached hydrogen (secondary N) is 1. The van der Waals surface area contributed by atoms with E-state index in [0.717, 1.165) is 0 Å². The lowest BCUT2D eigenvalue weighted by Crippen LogP contribution is -2.41. The molecule has 1 unspecified atom stereocenters. The number of aromatic nitrogens is 1. The first kappa shape index (κ1) is 11.6. The van der Waals surface area contributed by atoms with E-state index in [1.54, 1.807) is 17.8 Å². The molecule has 1 aromatic heterocycles. The standard InChI is InChI=1S/C9H12N2O3S/c1-2-7(9(13)14)11-8(12)3-6-4-15-5-10-6/h4-5,7H,2-3H2,1H3,(H,11,12)(H,13,14). The molecule has 0 aliphatic heterocycles. The lowest BCUT2D eigenvalue weighted by molar-refractivity contribution is -0.141. The molecule has 15 heavy (non-hydrogen) atoms. The SMILES string of the molecule is CCC(NC(=O)Cc1cscn1)C(=O)O. The minimum absolute atomic E-state index is 0.132. The second-order valence-corrected chi connectivity index (χ2v) is 3.74. The van der Waals surface area contributed by atoms with E-state index in [-0.39, 0.29) is 12.3 Å². The van der Waals surface area contributed by atoms with Crippen LogP contribution >= 0.6 is 11.3 Å². The first-order valence-corrected chi connectivity index (χ1v) is 5.47. The Labute approximate surface area is 91.1 Å². The zero-order valence-corrected chi connectivity index (χ0v) is 9.08. The molecule has 0 aliphatic rings. The Balaban J connectivity index is 2.45. The van der Waals surface area contributed by atoms with E-state index in [1.807, 2.05) is 0 Å². The summed E-state index contributed by atoms with van der Waals surface area (Å²) in [6, 6.07) is -0.809. The number of rotatable bonds is 5. The summed E-state index contributed by atoms with van der Waals surface area (Å²) in [5.74, 6) is -1.32. The highest BCUT2D eigenvalue weighted by atomic mass is 32.1. The molecule has 1 amide bonds. The highest BCUT2D eigenvalue weighted by Crippen LogP contribution is 2.02. The van der Waals surface area contributed by atoms with Crippen molar-refractivity contribution in [3.8, 4) is 0 Å². The number of carboxylic acid groups (broad SMARTS) is 1. The zero-order chi connectivity index (χ0) is 11.3. The number of nitrogens with zero attached hydrogens (tertiary/aromatic N) is 1. The molecule has 82 valence electrons. The van der Waals surface area contributed by atoms with Gasteiger partial charge in [-0.15, -0.1) is 11.3 Å². The Morgan fingerprint density at radius 1 is 1.67 bits per heavy atom. The summed E-state index contributed by atoms with van der Waals surface area (Å²) in [5.41, 5.74) is 2.30. The third-order valence-corrected chi connectivity index (χ3v) is 2.50. The lowest BCUT2D eigenvalue weighted by Gasteiger charge is -2.11. The van der Waals surface area contributed by atoms with Crippen molar-refractivity contribution in [2.24, 2.45) is 0 Å². The number of carbonyl (C=O) groups is 2. The van der Waals surface area contributed by atoms with Crippen LogP contribution in [0.2, 0.25) is 0 Å². The molecule has 0 radical (unpaired) electrons. The van der Waals surface area contributed by atoms with Crippen LogP contribution in [0.25, 0.3) is 0 Å². The summed E-state index contributed by atoms with van der Waals surface area (Å²) in [6.45, 7) is 1.71. The Kier molecular flexibility index (Phi) is 4.23. The maximum Gasteiger partial charge on any atom is 0.326 e. The minimum atomic E-state index is -1.01. The molecular formula is C9H12N2O3S. The van der Waals surface area contributed by atoms with Crippen molar-refractivity contribution < 1.29 is 14.7 Å². The molecule has 6 heteroatoms. The molecule has 0 saturated heterocycles. The van der Waals surface area contributed by atoms with E-state index < -0.39 is 12.0 Å². The second-order valence-electron chi connectivity index (χ2n) is 3.02. The van der Waals surface area contributed by atoms with Gasteiger partial charge in [0.1, 0.15) is 6.04 Å². The fourth-order valence-corrected chi connectivity index (χ4v) is 1.63. The average molecular weight is 228 g/mol. The zero-order valence-electron chi connectivity index (χ0n) is 8.27. The van der Waals surface area contributed by atoms with Gasteiger partial charge in [-0.05, 0) is 6.42 Å². The average Bonchev–Trinajstić information content (AvgIpc) is 2.66. The molecule has 0 saturated carbocycles. The molecule has 2 N–H and O–H groups in total. The second kappa shape index (κ2) is 5.45. The van der Waals surface area contributed by atoms with Crippen molar-refractivity contribution in [1.82, 2.24) is 10.3 Å². The van der Waals surface area contributed by atoms with Crippen LogP contribution < -0.4 is 5.32 Å². The first-order valence-electron chi connectivity index (χ1n) is 4.52. The van der Waals surface area contributed by atoms with Gasteiger partial charge < -0.3 is 10.4 Å². The van der Waals surface area contributed by atoms with E-state index in [1.165, 1.54) is 11.3 Å². The van der Waals surface area contributed by atoms with Crippen LogP contribution in [0.5, 0.6) is 0 Å². The lowest BCUT2D eigenvalue weighted by atomic mass is 10.2. The molecule has 0 aromatic carbocycles. The normalized spacial score (nSPS) is 12.1. The van der Waals surface area contributed by atoms with E-state index in [4.69, 9.17) is 5.11 Å². The van der Waals surface area contributed by atoms with E-state index in [9.17, 15) is 9.59 Å². The molecule has 0 spiro atoms. The van der Waals surface area contributed by atoms with Gasteiger partial charge in [0, 0.05) is 5.38 Å². The number of carbonyl (C=O) groups excluding carboxylic acids is 1. The summed E-state index contributed by atoms with van der Waals surface area (Å²) in [4.78, 5) is 26.0. The maximum absolute atomic E-state index is 11.4. The third-order valence-electron chi connectivity index (χ3n) is 1.87. The summed E-state index contributed by atoms with van der Waals surface area (Å²) in [5, 5.41) is 12.9. The summed E-state index contributed by atoms with van der Waals surface area (Å²) >= 11 is 1.41. The van der Waals surface area contributed by atoms with Gasteiger partial charge in [-0.2, -0.15) is 0 Å². The third kappa shape index (κ3) is 3.67. The molecule has 1 heterocycles. The van der Waals surface area contributed by atoms with E-state index in [0.29, 0.717) is 12.1 Å². The van der Waals surface area contributed by atoms with Gasteiger partial charge in [-0.1, -0.05) is 6.92 Å². The molecule has 5 nitrogen and oxygen atoms in total. The molecule has 0 fully saturated rings. The van der Waals surface area contributed by atoms with Crippen LogP contribution in [0, 0.1) is 0 Å². The number of hydrogen-bond donors (Lipinski definition) is 2. The number of hydrogen-bond acceptors (Lipinski definition) is 4. The van der Waals surface area contributed by atoms with Gasteiger partial charge in [0.05, 0.1) is 17.6 Å². The van der Waals surface area contributed by atoms with Crippen molar-refractivity contribution in [3.05, 3.63) is 16.6 Å². The number of aliphatic carboxylic acids is 1. The molecule has 1 atom stereocenters. The number of thiazole rings is 1. The van der Waals surface area contributed by atoms with Crippen molar-refractivity contribution in [1.29, 1.82) is 0 Å². The minimum Gasteiger partial charge on any atom is -0.480 e. The van der Waals surface area contributed by atoms with Crippen LogP contribution in [-0.4, -0.2) is 28.0 Å². The van der Waals surface area contributed by atoms with Gasteiger partial charge in [0.15, 0.2) is 0 Å². The monoisotopic (exact) mass is 228 g/mol. The van der Waals surface area contributed by atoms with Crippen molar-refractivity contribution in [3.63, 3.8) is 0 Å². The van der Waals surface area contributed by atoms with Gasteiger partial charge in [0.25, 0.3) is 0 Å². The molecule has 1 rings (SSSR count). The van der Waals surface area contributed by atoms with Crippen LogP contribution in [0.1, 0.15) is 19.0 Å². The molecular weight excluding hydrogens is 216 g/mol. The molecule has 1 aromatic rings. The first-order chi connectivity index (χ1) is 7.13. The van der Waals surface area contributed by atoms with Gasteiger partial charge in [0.2, 0.25) is 5.91 Å². The van der Waals surface area contributed by atoms with Gasteiger partial charge >= 0.3 is 5.97 Å². The Morgan fingerprint density at radius 3 is 2.87 bits per heavy atom. The van der Waals surface area contributed by atoms with Crippen molar-refractivity contribution in [2.75, 3.05) is 0 Å². The van der Waals surface area contributed by atoms with E-state index in [2.05, 4.69) is 10.3 Å². The largest absolute Gasteiger partial charge is 0.480 e. The fraction of sp³-hybridized carbons (Fsp3) is 0.444. The summed E-state index contributed by atoms with van der Waals surface area (Å²) in [7, 11) is 0. The number of amides is 1. The quantitative estimate of drug-likeness (QED) is 0.776. The number of carboxylic acids is 1. The van der Waals surface area contributed by atoms with Crippen molar-refractivity contribution in [2.45, 2.75) is 25.8 Å². The van der Waals surface area contributed by atoms with Crippen molar-refractivity contribution >= 4 is 23.2 Å². The highest BCUT2D eigenvalue weighted by molar-refractivity contribution is 7.07. The Morgan fingerprint density at radius 2 is 2.40 bits per heavy atom. The Hall–Kier alpha value is -1.43. The summed E-state index contributed by atoms with van der Waals surface area (Å²) in [6.07, 6.45) is 0.505. The molecule has 0 aliphatic carbocycles. The predicted molar refractivity (Wildman–Crippen MR) is 55.7 cm³/mol.